The molecule has 1 N–H and O–H groups in total. The van der Waals surface area contributed by atoms with Gasteiger partial charge >= 0.3 is 0 Å². The van der Waals surface area contributed by atoms with Crippen LogP contribution in [0.2, 0.25) is 0 Å². The molecule has 1 aliphatic heterocycles. The highest BCUT2D eigenvalue weighted by atomic mass is 32.2. The van der Waals surface area contributed by atoms with E-state index in [-0.39, 0.29) is 23.8 Å². The number of rotatable bonds is 5. The number of carbonyl (C=O) groups excluding carboxylic acids is 1. The molecule has 0 saturated carbocycles. The third-order valence-corrected chi connectivity index (χ3v) is 9.51. The first-order valence-electron chi connectivity index (χ1n) is 12.2. The number of Topliss-reactive ketones (excluding diaryl/α,β-unsaturated/α-hetero) is 1. The van der Waals surface area contributed by atoms with Crippen LogP contribution in [0.25, 0.3) is 11.1 Å². The van der Waals surface area contributed by atoms with E-state index in [0.717, 1.165) is 22.3 Å². The molecule has 186 valence electrons. The molecule has 0 amide bonds. The van der Waals surface area contributed by atoms with E-state index >= 15 is 0 Å². The molecule has 1 aliphatic carbocycles. The summed E-state index contributed by atoms with van der Waals surface area (Å²) in [7, 11) is -3.85. The Morgan fingerprint density at radius 3 is 2.00 bits per heavy atom. The van der Waals surface area contributed by atoms with Crippen molar-refractivity contribution < 1.29 is 18.3 Å². The average Bonchev–Trinajstić information content (AvgIpc) is 3.40. The number of hydrogen-bond acceptors (Lipinski definition) is 4. The summed E-state index contributed by atoms with van der Waals surface area (Å²) in [6.45, 7) is 5.37. The first-order chi connectivity index (χ1) is 17.0. The van der Waals surface area contributed by atoms with Gasteiger partial charge in [0.25, 0.3) is 0 Å². The van der Waals surface area contributed by atoms with Gasteiger partial charge in [0.05, 0.1) is 15.9 Å². The molecule has 0 aromatic heterocycles. The van der Waals surface area contributed by atoms with Crippen molar-refractivity contribution in [2.75, 3.05) is 13.1 Å². The van der Waals surface area contributed by atoms with Gasteiger partial charge in [0, 0.05) is 24.6 Å². The SMILES string of the molecule is Cc1ccc(S(=O)(=O)N2C[C@@H](C(C)(C)O)[C@]3(CC(c4ccccc4)=C(c4ccccc4)C3=O)C2)cc1. The Morgan fingerprint density at radius 2 is 1.44 bits per heavy atom. The Hall–Kier alpha value is -3.06. The number of carbonyl (C=O) groups is 1. The number of ketones is 1. The second kappa shape index (κ2) is 8.80. The molecular weight excluding hydrogens is 470 g/mol. The van der Waals surface area contributed by atoms with Gasteiger partial charge in [-0.25, -0.2) is 8.42 Å². The first-order valence-corrected chi connectivity index (χ1v) is 13.7. The molecule has 3 aromatic rings. The van der Waals surface area contributed by atoms with Crippen LogP contribution >= 0.6 is 0 Å². The average molecular weight is 502 g/mol. The monoisotopic (exact) mass is 501 g/mol. The molecule has 2 atom stereocenters. The molecule has 1 spiro atoms. The van der Waals surface area contributed by atoms with E-state index in [0.29, 0.717) is 12.0 Å². The maximum atomic E-state index is 14.4. The van der Waals surface area contributed by atoms with Crippen LogP contribution in [0.4, 0.5) is 0 Å². The largest absolute Gasteiger partial charge is 0.390 e. The molecule has 0 bridgehead atoms. The van der Waals surface area contributed by atoms with E-state index in [4.69, 9.17) is 0 Å². The Balaban J connectivity index is 1.64. The van der Waals surface area contributed by atoms with Gasteiger partial charge in [0.1, 0.15) is 0 Å². The summed E-state index contributed by atoms with van der Waals surface area (Å²) in [4.78, 5) is 14.6. The van der Waals surface area contributed by atoms with E-state index < -0.39 is 27.0 Å². The summed E-state index contributed by atoms with van der Waals surface area (Å²) >= 11 is 0. The number of sulfonamides is 1. The van der Waals surface area contributed by atoms with E-state index in [1.807, 2.05) is 67.6 Å². The lowest BCUT2D eigenvalue weighted by molar-refractivity contribution is -0.128. The fourth-order valence-corrected chi connectivity index (χ4v) is 7.41. The van der Waals surface area contributed by atoms with Crippen molar-refractivity contribution in [1.82, 2.24) is 4.31 Å². The lowest BCUT2D eigenvalue weighted by Crippen LogP contribution is -2.46. The zero-order valence-electron chi connectivity index (χ0n) is 20.8. The Labute approximate surface area is 213 Å². The van der Waals surface area contributed by atoms with Gasteiger partial charge in [-0.1, -0.05) is 78.4 Å². The third kappa shape index (κ3) is 4.03. The van der Waals surface area contributed by atoms with Crippen molar-refractivity contribution in [2.45, 2.75) is 37.7 Å². The van der Waals surface area contributed by atoms with Crippen LogP contribution in [-0.4, -0.2) is 42.3 Å². The molecule has 2 aliphatic rings. The second-order valence-corrected chi connectivity index (χ2v) is 12.5. The second-order valence-electron chi connectivity index (χ2n) is 10.6. The third-order valence-electron chi connectivity index (χ3n) is 7.68. The van der Waals surface area contributed by atoms with Crippen molar-refractivity contribution in [3.05, 3.63) is 102 Å². The molecule has 0 radical (unpaired) electrons. The summed E-state index contributed by atoms with van der Waals surface area (Å²) in [6, 6.07) is 26.1. The topological polar surface area (TPSA) is 74.7 Å². The van der Waals surface area contributed by atoms with Crippen LogP contribution < -0.4 is 0 Å². The van der Waals surface area contributed by atoms with Crippen molar-refractivity contribution in [2.24, 2.45) is 11.3 Å². The number of allylic oxidation sites excluding steroid dienone is 2. The predicted octanol–water partition coefficient (Wildman–Crippen LogP) is 4.96. The minimum absolute atomic E-state index is 0.0311. The minimum Gasteiger partial charge on any atom is -0.390 e. The van der Waals surface area contributed by atoms with Gasteiger partial charge in [0.2, 0.25) is 10.0 Å². The van der Waals surface area contributed by atoms with Gasteiger partial charge in [0.15, 0.2) is 5.78 Å². The van der Waals surface area contributed by atoms with Gasteiger partial charge in [-0.2, -0.15) is 4.31 Å². The van der Waals surface area contributed by atoms with Crippen LogP contribution in [0, 0.1) is 18.3 Å². The van der Waals surface area contributed by atoms with E-state index in [1.165, 1.54) is 4.31 Å². The smallest absolute Gasteiger partial charge is 0.243 e. The van der Waals surface area contributed by atoms with Gasteiger partial charge in [-0.3, -0.25) is 4.79 Å². The fraction of sp³-hybridized carbons (Fsp3) is 0.300. The number of aryl methyl sites for hydroxylation is 1. The molecule has 5 nitrogen and oxygen atoms in total. The zero-order valence-corrected chi connectivity index (χ0v) is 21.6. The van der Waals surface area contributed by atoms with Gasteiger partial charge in [-0.15, -0.1) is 0 Å². The molecule has 6 heteroatoms. The Kier molecular flexibility index (Phi) is 6.02. The highest BCUT2D eigenvalue weighted by molar-refractivity contribution is 7.89. The summed E-state index contributed by atoms with van der Waals surface area (Å²) in [5, 5.41) is 11.3. The predicted molar refractivity (Wildman–Crippen MR) is 141 cm³/mol. The Morgan fingerprint density at radius 1 is 0.889 bits per heavy atom. The Bertz CT molecular complexity index is 1420. The van der Waals surface area contributed by atoms with E-state index in [2.05, 4.69) is 0 Å². The van der Waals surface area contributed by atoms with Crippen LogP contribution in [0.3, 0.4) is 0 Å². The highest BCUT2D eigenvalue weighted by Gasteiger charge is 2.62. The maximum absolute atomic E-state index is 14.4. The molecule has 36 heavy (non-hydrogen) atoms. The van der Waals surface area contributed by atoms with Gasteiger partial charge < -0.3 is 5.11 Å². The summed E-state index contributed by atoms with van der Waals surface area (Å²) < 4.78 is 28.8. The molecule has 3 aromatic carbocycles. The van der Waals surface area contributed by atoms with Crippen LogP contribution in [0.1, 0.15) is 37.0 Å². The molecule has 1 heterocycles. The molecule has 5 rings (SSSR count). The maximum Gasteiger partial charge on any atom is 0.243 e. The number of nitrogens with zero attached hydrogens (tertiary/aromatic N) is 1. The van der Waals surface area contributed by atoms with Crippen LogP contribution in [0.5, 0.6) is 0 Å². The van der Waals surface area contributed by atoms with Crippen LogP contribution in [-0.2, 0) is 14.8 Å². The lowest BCUT2D eigenvalue weighted by Gasteiger charge is -2.37. The first kappa shape index (κ1) is 24.6. The molecular formula is C30H31NO4S. The zero-order chi connectivity index (χ0) is 25.7. The standard InChI is InChI=1S/C30H31NO4S/c1-21-14-16-24(17-15-21)36(34,35)31-19-26(29(2,3)33)30(20-31)18-25(22-10-6-4-7-11-22)27(28(30)32)23-12-8-5-9-13-23/h4-17,26,33H,18-20H2,1-3H3/t26-,30-/m0/s1. The normalized spacial score (nSPS) is 23.1. The minimum atomic E-state index is -3.85. The fourth-order valence-electron chi connectivity index (χ4n) is 5.88. The van der Waals surface area contributed by atoms with Gasteiger partial charge in [-0.05, 0) is 56.0 Å². The van der Waals surface area contributed by atoms with E-state index in [1.54, 1.807) is 38.1 Å². The van der Waals surface area contributed by atoms with Crippen molar-refractivity contribution in [3.63, 3.8) is 0 Å². The molecule has 0 unspecified atom stereocenters. The lowest BCUT2D eigenvalue weighted by atomic mass is 9.67. The number of aliphatic hydroxyl groups is 1. The van der Waals surface area contributed by atoms with Crippen LogP contribution in [0.15, 0.2) is 89.8 Å². The van der Waals surface area contributed by atoms with E-state index in [9.17, 15) is 18.3 Å². The number of hydrogen-bond donors (Lipinski definition) is 1. The highest BCUT2D eigenvalue weighted by Crippen LogP contribution is 2.57. The molecule has 1 saturated heterocycles. The van der Waals surface area contributed by atoms with Crippen molar-refractivity contribution in [3.8, 4) is 0 Å². The van der Waals surface area contributed by atoms with Crippen molar-refractivity contribution in [1.29, 1.82) is 0 Å². The summed E-state index contributed by atoms with van der Waals surface area (Å²) in [6.07, 6.45) is 0.370. The summed E-state index contributed by atoms with van der Waals surface area (Å²) in [5.41, 5.74) is 1.91. The van der Waals surface area contributed by atoms with Crippen molar-refractivity contribution >= 4 is 27.0 Å². The summed E-state index contributed by atoms with van der Waals surface area (Å²) in [5.74, 6) is -0.668. The quantitative estimate of drug-likeness (QED) is 0.537. The molecule has 1 fully saturated rings. The number of benzene rings is 3.